The fourth-order valence-corrected chi connectivity index (χ4v) is 1.81. The molecule has 3 rings (SSSR count). The van der Waals surface area contributed by atoms with Crippen molar-refractivity contribution in [3.63, 3.8) is 0 Å². The van der Waals surface area contributed by atoms with E-state index in [9.17, 15) is 8.78 Å². The van der Waals surface area contributed by atoms with Gasteiger partial charge in [-0.25, -0.2) is 13.8 Å². The molecule has 0 saturated carbocycles. The van der Waals surface area contributed by atoms with Crippen molar-refractivity contribution < 1.29 is 8.78 Å². The lowest BCUT2D eigenvalue weighted by atomic mass is 10.3. The van der Waals surface area contributed by atoms with Crippen LogP contribution < -0.4 is 11.1 Å². The first-order valence-electron chi connectivity index (χ1n) is 5.60. The minimum absolute atomic E-state index is 0.0204. The Bertz CT molecular complexity index is 751. The van der Waals surface area contributed by atoms with Crippen molar-refractivity contribution >= 4 is 28.4 Å². The van der Waals surface area contributed by atoms with E-state index in [1.807, 2.05) is 0 Å². The number of aromatic nitrogens is 2. The van der Waals surface area contributed by atoms with Gasteiger partial charge in [-0.1, -0.05) is 6.07 Å². The predicted molar refractivity (Wildman–Crippen MR) is 70.1 cm³/mol. The highest BCUT2D eigenvalue weighted by atomic mass is 19.2. The van der Waals surface area contributed by atoms with E-state index in [1.165, 1.54) is 12.1 Å². The lowest BCUT2D eigenvalue weighted by Gasteiger charge is -2.04. The molecule has 0 aliphatic heterocycles. The number of nitrogen functional groups attached to an aromatic ring is 1. The van der Waals surface area contributed by atoms with Gasteiger partial charge in [-0.2, -0.15) is 0 Å². The Morgan fingerprint density at radius 1 is 1.16 bits per heavy atom. The summed E-state index contributed by atoms with van der Waals surface area (Å²) in [6.07, 6.45) is 0. The monoisotopic (exact) mass is 260 g/mol. The minimum atomic E-state index is -0.942. The van der Waals surface area contributed by atoms with Gasteiger partial charge in [0.05, 0.1) is 16.7 Å². The number of aromatic amines is 1. The molecule has 96 valence electrons. The van der Waals surface area contributed by atoms with Crippen LogP contribution in [-0.4, -0.2) is 9.97 Å². The summed E-state index contributed by atoms with van der Waals surface area (Å²) in [4.78, 5) is 7.15. The van der Waals surface area contributed by atoms with E-state index >= 15 is 0 Å². The molecule has 6 heteroatoms. The second-order valence-electron chi connectivity index (χ2n) is 4.09. The number of anilines is 3. The maximum atomic E-state index is 13.5. The molecule has 1 aromatic heterocycles. The van der Waals surface area contributed by atoms with Crippen molar-refractivity contribution in [2.45, 2.75) is 0 Å². The Labute approximate surface area is 107 Å². The van der Waals surface area contributed by atoms with E-state index < -0.39 is 11.6 Å². The van der Waals surface area contributed by atoms with Gasteiger partial charge in [0.1, 0.15) is 0 Å². The van der Waals surface area contributed by atoms with Crippen LogP contribution in [0.1, 0.15) is 0 Å². The van der Waals surface area contributed by atoms with Crippen molar-refractivity contribution in [1.82, 2.24) is 9.97 Å². The number of H-pyrrole nitrogens is 1. The van der Waals surface area contributed by atoms with Crippen molar-refractivity contribution in [2.75, 3.05) is 11.1 Å². The normalized spacial score (nSPS) is 10.8. The van der Waals surface area contributed by atoms with Crippen LogP contribution in [0.5, 0.6) is 0 Å². The van der Waals surface area contributed by atoms with Crippen molar-refractivity contribution in [1.29, 1.82) is 0 Å². The first kappa shape index (κ1) is 11.5. The number of imidazole rings is 1. The number of fused-ring (bicyclic) bond motifs is 1. The molecule has 19 heavy (non-hydrogen) atoms. The van der Waals surface area contributed by atoms with Gasteiger partial charge in [-0.05, 0) is 30.3 Å². The third-order valence-corrected chi connectivity index (χ3v) is 2.71. The summed E-state index contributed by atoms with van der Waals surface area (Å²) in [5, 5.41) is 2.70. The van der Waals surface area contributed by atoms with E-state index in [4.69, 9.17) is 5.73 Å². The first-order chi connectivity index (χ1) is 9.13. The third kappa shape index (κ3) is 2.08. The molecular weight excluding hydrogens is 250 g/mol. The van der Waals surface area contributed by atoms with Gasteiger partial charge in [-0.3, -0.25) is 0 Å². The van der Waals surface area contributed by atoms with Gasteiger partial charge < -0.3 is 16.0 Å². The zero-order chi connectivity index (χ0) is 13.4. The van der Waals surface area contributed by atoms with Crippen LogP contribution in [0.2, 0.25) is 0 Å². The Hall–Kier alpha value is -2.63. The van der Waals surface area contributed by atoms with E-state index in [0.717, 1.165) is 11.6 Å². The molecule has 0 fully saturated rings. The number of nitrogens with one attached hydrogen (secondary N) is 2. The highest BCUT2D eigenvalue weighted by Gasteiger charge is 2.09. The average Bonchev–Trinajstić information content (AvgIpc) is 2.76. The molecule has 0 bridgehead atoms. The van der Waals surface area contributed by atoms with Crippen LogP contribution in [0.15, 0.2) is 36.4 Å². The Kier molecular flexibility index (Phi) is 2.56. The van der Waals surface area contributed by atoms with Crippen LogP contribution >= 0.6 is 0 Å². The van der Waals surface area contributed by atoms with E-state index in [2.05, 4.69) is 15.3 Å². The van der Waals surface area contributed by atoms with Crippen LogP contribution in [0.25, 0.3) is 11.0 Å². The first-order valence-corrected chi connectivity index (χ1v) is 5.60. The van der Waals surface area contributed by atoms with Crippen LogP contribution in [0.4, 0.5) is 26.1 Å². The quantitative estimate of drug-likeness (QED) is 0.620. The molecule has 0 unspecified atom stereocenters. The zero-order valence-electron chi connectivity index (χ0n) is 9.74. The molecule has 0 aliphatic rings. The SMILES string of the molecule is Nc1ccc2nc(Nc3cccc(F)c3F)[nH]c2c1. The van der Waals surface area contributed by atoms with E-state index in [1.54, 1.807) is 18.2 Å². The van der Waals surface area contributed by atoms with Crippen molar-refractivity contribution in [2.24, 2.45) is 0 Å². The van der Waals surface area contributed by atoms with Crippen LogP contribution in [0, 0.1) is 11.6 Å². The Balaban J connectivity index is 1.99. The topological polar surface area (TPSA) is 66.7 Å². The molecular formula is C13H10F2N4. The van der Waals surface area contributed by atoms with Gasteiger partial charge in [0.15, 0.2) is 11.6 Å². The third-order valence-electron chi connectivity index (χ3n) is 2.71. The summed E-state index contributed by atoms with van der Waals surface area (Å²) in [6.45, 7) is 0. The molecule has 0 amide bonds. The summed E-state index contributed by atoms with van der Waals surface area (Å²) in [6, 6.07) is 9.08. The van der Waals surface area contributed by atoms with Crippen molar-refractivity contribution in [3.8, 4) is 0 Å². The molecule has 0 radical (unpaired) electrons. The molecule has 0 saturated heterocycles. The highest BCUT2D eigenvalue weighted by molar-refractivity contribution is 5.81. The summed E-state index contributed by atoms with van der Waals surface area (Å²) < 4.78 is 26.6. The van der Waals surface area contributed by atoms with Gasteiger partial charge in [-0.15, -0.1) is 0 Å². The zero-order valence-corrected chi connectivity index (χ0v) is 9.74. The number of nitrogens with zero attached hydrogens (tertiary/aromatic N) is 1. The molecule has 0 atom stereocenters. The van der Waals surface area contributed by atoms with Crippen LogP contribution in [-0.2, 0) is 0 Å². The summed E-state index contributed by atoms with van der Waals surface area (Å²) in [5.74, 6) is -1.53. The molecule has 4 N–H and O–H groups in total. The van der Waals surface area contributed by atoms with E-state index in [-0.39, 0.29) is 5.69 Å². The van der Waals surface area contributed by atoms with Gasteiger partial charge >= 0.3 is 0 Å². The largest absolute Gasteiger partial charge is 0.399 e. The lowest BCUT2D eigenvalue weighted by molar-refractivity contribution is 0.511. The fraction of sp³-hybridized carbons (Fsp3) is 0. The minimum Gasteiger partial charge on any atom is -0.399 e. The predicted octanol–water partition coefficient (Wildman–Crippen LogP) is 3.17. The average molecular weight is 260 g/mol. The Morgan fingerprint density at radius 2 is 2.00 bits per heavy atom. The number of rotatable bonds is 2. The lowest BCUT2D eigenvalue weighted by Crippen LogP contribution is -1.97. The van der Waals surface area contributed by atoms with Crippen molar-refractivity contribution in [3.05, 3.63) is 48.0 Å². The smallest absolute Gasteiger partial charge is 0.205 e. The van der Waals surface area contributed by atoms with Gasteiger partial charge in [0.25, 0.3) is 0 Å². The molecule has 4 nitrogen and oxygen atoms in total. The number of nitrogens with two attached hydrogens (primary N) is 1. The van der Waals surface area contributed by atoms with Gasteiger partial charge in [0.2, 0.25) is 5.95 Å². The Morgan fingerprint density at radius 3 is 2.84 bits per heavy atom. The number of benzene rings is 2. The second kappa shape index (κ2) is 4.24. The van der Waals surface area contributed by atoms with Gasteiger partial charge in [0, 0.05) is 5.69 Å². The summed E-state index contributed by atoms with van der Waals surface area (Å²) in [7, 11) is 0. The second-order valence-corrected chi connectivity index (χ2v) is 4.09. The van der Waals surface area contributed by atoms with E-state index in [0.29, 0.717) is 17.2 Å². The molecule has 1 heterocycles. The number of hydrogen-bond donors (Lipinski definition) is 3. The standard InChI is InChI=1S/C13H10F2N4/c14-8-2-1-3-10(12(8)15)18-13-17-9-5-4-7(16)6-11(9)19-13/h1-6H,16H2,(H2,17,18,19). The number of halogens is 2. The highest BCUT2D eigenvalue weighted by Crippen LogP contribution is 2.22. The summed E-state index contributed by atoms with van der Waals surface area (Å²) in [5.41, 5.74) is 7.68. The molecule has 0 spiro atoms. The number of hydrogen-bond acceptors (Lipinski definition) is 3. The molecule has 3 aromatic rings. The molecule has 2 aromatic carbocycles. The molecule has 0 aliphatic carbocycles. The summed E-state index contributed by atoms with van der Waals surface area (Å²) >= 11 is 0. The fourth-order valence-electron chi connectivity index (χ4n) is 1.81. The maximum absolute atomic E-state index is 13.5. The van der Waals surface area contributed by atoms with Crippen LogP contribution in [0.3, 0.4) is 0 Å². The maximum Gasteiger partial charge on any atom is 0.205 e.